The summed E-state index contributed by atoms with van der Waals surface area (Å²) < 4.78 is 31.7. The molecular weight excluding hydrogens is 330 g/mol. The fourth-order valence-electron chi connectivity index (χ4n) is 1.14. The minimum Gasteiger partial charge on any atom is -0.383 e. The number of halogens is 2. The SMILES string of the molecule is COCC(Cl)CNS(=O)(=O)c1ccc(Br)cc1. The van der Waals surface area contributed by atoms with Gasteiger partial charge in [0.05, 0.1) is 16.9 Å². The van der Waals surface area contributed by atoms with E-state index in [1.54, 1.807) is 12.1 Å². The van der Waals surface area contributed by atoms with Crippen LogP contribution in [0.15, 0.2) is 33.6 Å². The van der Waals surface area contributed by atoms with Crippen LogP contribution in [0.3, 0.4) is 0 Å². The van der Waals surface area contributed by atoms with E-state index in [0.29, 0.717) is 6.61 Å². The molecule has 0 radical (unpaired) electrons. The first kappa shape index (κ1) is 14.9. The Morgan fingerprint density at radius 2 is 2.00 bits per heavy atom. The second-order valence-electron chi connectivity index (χ2n) is 3.36. The van der Waals surface area contributed by atoms with Gasteiger partial charge in [0.25, 0.3) is 0 Å². The Morgan fingerprint density at radius 3 is 2.53 bits per heavy atom. The molecule has 1 aromatic rings. The lowest BCUT2D eigenvalue weighted by atomic mass is 10.4. The largest absolute Gasteiger partial charge is 0.383 e. The van der Waals surface area contributed by atoms with Crippen LogP contribution < -0.4 is 4.72 Å². The number of hydrogen-bond acceptors (Lipinski definition) is 3. The van der Waals surface area contributed by atoms with Crippen molar-refractivity contribution < 1.29 is 13.2 Å². The smallest absolute Gasteiger partial charge is 0.240 e. The average Bonchev–Trinajstić information content (AvgIpc) is 2.28. The van der Waals surface area contributed by atoms with Gasteiger partial charge >= 0.3 is 0 Å². The Kier molecular flexibility index (Phi) is 5.88. The van der Waals surface area contributed by atoms with E-state index in [4.69, 9.17) is 16.3 Å². The molecule has 0 aliphatic heterocycles. The number of rotatable bonds is 6. The Hall–Kier alpha value is -0.140. The van der Waals surface area contributed by atoms with Crippen LogP contribution in [0.25, 0.3) is 0 Å². The fourth-order valence-corrected chi connectivity index (χ4v) is 2.78. The lowest BCUT2D eigenvalue weighted by Gasteiger charge is -2.10. The van der Waals surface area contributed by atoms with Crippen LogP contribution in [0.1, 0.15) is 0 Å². The molecule has 1 N–H and O–H groups in total. The molecule has 17 heavy (non-hydrogen) atoms. The van der Waals surface area contributed by atoms with Gasteiger partial charge in [-0.3, -0.25) is 0 Å². The van der Waals surface area contributed by atoms with Gasteiger partial charge in [-0.2, -0.15) is 0 Å². The normalized spacial score (nSPS) is 13.6. The summed E-state index contributed by atoms with van der Waals surface area (Å²) >= 11 is 9.08. The molecular formula is C10H13BrClNO3S. The summed E-state index contributed by atoms with van der Waals surface area (Å²) in [6, 6.07) is 6.38. The van der Waals surface area contributed by atoms with E-state index >= 15 is 0 Å². The standard InChI is InChI=1S/C10H13BrClNO3S/c1-16-7-9(12)6-13-17(14,15)10-4-2-8(11)3-5-10/h2-5,9,13H,6-7H2,1H3. The molecule has 4 nitrogen and oxygen atoms in total. The summed E-state index contributed by atoms with van der Waals surface area (Å²) in [6.07, 6.45) is 0. The topological polar surface area (TPSA) is 55.4 Å². The van der Waals surface area contributed by atoms with Crippen LogP contribution in [0.2, 0.25) is 0 Å². The van der Waals surface area contributed by atoms with E-state index in [0.717, 1.165) is 4.47 Å². The zero-order valence-electron chi connectivity index (χ0n) is 9.19. The fraction of sp³-hybridized carbons (Fsp3) is 0.400. The molecule has 7 heteroatoms. The third-order valence-corrected chi connectivity index (χ3v) is 4.21. The van der Waals surface area contributed by atoms with Crippen molar-refractivity contribution in [1.82, 2.24) is 4.72 Å². The Bertz CT molecular complexity index is 449. The van der Waals surface area contributed by atoms with Crippen LogP contribution in [-0.4, -0.2) is 34.1 Å². The Morgan fingerprint density at radius 1 is 1.41 bits per heavy atom. The van der Waals surface area contributed by atoms with Gasteiger partial charge in [0.1, 0.15) is 0 Å². The summed E-state index contributed by atoms with van der Waals surface area (Å²) in [5.74, 6) is 0. The van der Waals surface area contributed by atoms with Crippen molar-refractivity contribution in [2.45, 2.75) is 10.3 Å². The molecule has 96 valence electrons. The summed E-state index contributed by atoms with van der Waals surface area (Å²) in [5, 5.41) is -0.384. The van der Waals surface area contributed by atoms with Crippen LogP contribution >= 0.6 is 27.5 Å². The first-order valence-electron chi connectivity index (χ1n) is 4.84. The number of alkyl halides is 1. The second kappa shape index (κ2) is 6.70. The zero-order chi connectivity index (χ0) is 12.9. The summed E-state index contributed by atoms with van der Waals surface area (Å²) in [6.45, 7) is 0.429. The van der Waals surface area contributed by atoms with Crippen molar-refractivity contribution in [3.63, 3.8) is 0 Å². The van der Waals surface area contributed by atoms with Crippen molar-refractivity contribution in [2.75, 3.05) is 20.3 Å². The predicted molar refractivity (Wildman–Crippen MR) is 70.8 cm³/mol. The molecule has 1 aromatic carbocycles. The third-order valence-electron chi connectivity index (χ3n) is 1.97. The molecule has 0 amide bonds. The van der Waals surface area contributed by atoms with Gasteiger partial charge in [-0.15, -0.1) is 11.6 Å². The van der Waals surface area contributed by atoms with Crippen LogP contribution in [0.4, 0.5) is 0 Å². The average molecular weight is 343 g/mol. The molecule has 0 heterocycles. The van der Waals surface area contributed by atoms with E-state index < -0.39 is 10.0 Å². The third kappa shape index (κ3) is 4.93. The number of methoxy groups -OCH3 is 1. The van der Waals surface area contributed by atoms with E-state index in [2.05, 4.69) is 20.7 Å². The minimum atomic E-state index is -3.50. The molecule has 0 spiro atoms. The number of hydrogen-bond donors (Lipinski definition) is 1. The van der Waals surface area contributed by atoms with Crippen molar-refractivity contribution in [3.05, 3.63) is 28.7 Å². The molecule has 1 atom stereocenters. The van der Waals surface area contributed by atoms with E-state index in [-0.39, 0.29) is 16.8 Å². The summed E-state index contributed by atoms with van der Waals surface area (Å²) in [4.78, 5) is 0.210. The number of benzene rings is 1. The van der Waals surface area contributed by atoms with E-state index in [1.165, 1.54) is 19.2 Å². The molecule has 0 saturated carbocycles. The van der Waals surface area contributed by atoms with Gasteiger partial charge in [0.15, 0.2) is 0 Å². The first-order valence-corrected chi connectivity index (χ1v) is 7.55. The Balaban J connectivity index is 2.66. The van der Waals surface area contributed by atoms with Gasteiger partial charge in [0.2, 0.25) is 10.0 Å². The molecule has 1 rings (SSSR count). The summed E-state index contributed by atoms with van der Waals surface area (Å²) in [7, 11) is -1.99. The zero-order valence-corrected chi connectivity index (χ0v) is 12.3. The molecule has 0 aliphatic carbocycles. The van der Waals surface area contributed by atoms with Crippen molar-refractivity contribution in [1.29, 1.82) is 0 Å². The van der Waals surface area contributed by atoms with Gasteiger partial charge < -0.3 is 4.74 Å². The van der Waals surface area contributed by atoms with Crippen LogP contribution in [-0.2, 0) is 14.8 Å². The number of ether oxygens (including phenoxy) is 1. The molecule has 0 aliphatic rings. The van der Waals surface area contributed by atoms with Crippen LogP contribution in [0.5, 0.6) is 0 Å². The van der Waals surface area contributed by atoms with Crippen molar-refractivity contribution in [3.8, 4) is 0 Å². The van der Waals surface area contributed by atoms with Gasteiger partial charge in [-0.25, -0.2) is 13.1 Å². The van der Waals surface area contributed by atoms with Gasteiger partial charge in [-0.1, -0.05) is 15.9 Å². The molecule has 0 aromatic heterocycles. The number of sulfonamides is 1. The highest BCUT2D eigenvalue weighted by Gasteiger charge is 2.15. The lowest BCUT2D eigenvalue weighted by molar-refractivity contribution is 0.198. The Labute approximate surface area is 114 Å². The molecule has 0 saturated heterocycles. The minimum absolute atomic E-state index is 0.133. The molecule has 0 bridgehead atoms. The monoisotopic (exact) mass is 341 g/mol. The maximum Gasteiger partial charge on any atom is 0.240 e. The molecule has 1 unspecified atom stereocenters. The highest BCUT2D eigenvalue weighted by Crippen LogP contribution is 2.14. The maximum atomic E-state index is 11.8. The van der Waals surface area contributed by atoms with E-state index in [1.807, 2.05) is 0 Å². The highest BCUT2D eigenvalue weighted by molar-refractivity contribution is 9.10. The van der Waals surface area contributed by atoms with Crippen LogP contribution in [0, 0.1) is 0 Å². The van der Waals surface area contributed by atoms with Gasteiger partial charge in [-0.05, 0) is 24.3 Å². The van der Waals surface area contributed by atoms with Crippen molar-refractivity contribution >= 4 is 37.6 Å². The summed E-state index contributed by atoms with van der Waals surface area (Å²) in [5.41, 5.74) is 0. The lowest BCUT2D eigenvalue weighted by Crippen LogP contribution is -2.31. The predicted octanol–water partition coefficient (Wildman–Crippen LogP) is 1.98. The quantitative estimate of drug-likeness (QED) is 0.804. The molecule has 0 fully saturated rings. The first-order chi connectivity index (χ1) is 7.95. The maximum absolute atomic E-state index is 11.8. The van der Waals surface area contributed by atoms with Crippen molar-refractivity contribution in [2.24, 2.45) is 0 Å². The highest BCUT2D eigenvalue weighted by atomic mass is 79.9. The number of nitrogens with one attached hydrogen (secondary N) is 1. The van der Waals surface area contributed by atoms with Gasteiger partial charge in [0, 0.05) is 18.1 Å². The second-order valence-corrected chi connectivity index (χ2v) is 6.66. The van der Waals surface area contributed by atoms with E-state index in [9.17, 15) is 8.42 Å².